The van der Waals surface area contributed by atoms with Crippen LogP contribution in [-0.2, 0) is 9.59 Å². The third-order valence-electron chi connectivity index (χ3n) is 2.15. The van der Waals surface area contributed by atoms with Crippen LogP contribution in [-0.4, -0.2) is 40.9 Å². The van der Waals surface area contributed by atoms with E-state index in [4.69, 9.17) is 5.11 Å². The number of carbonyl (C=O) groups is 2. The maximum Gasteiger partial charge on any atom is 0.325 e. The van der Waals surface area contributed by atoms with Gasteiger partial charge < -0.3 is 15.5 Å². The number of nitrogens with zero attached hydrogens (tertiary/aromatic N) is 1. The lowest BCUT2D eigenvalue weighted by atomic mass is 10.2. The Balaban J connectivity index is 2.48. The number of para-hydroxylation sites is 1. The molecule has 1 rings (SSSR count). The number of nitrogens with one attached hydrogen (secondary N) is 1. The Morgan fingerprint density at radius 2 is 2.11 bits per heavy atom. The van der Waals surface area contributed by atoms with Crippen LogP contribution < -0.4 is 5.32 Å². The highest BCUT2D eigenvalue weighted by molar-refractivity contribution is 5.88. The number of rotatable bonds is 5. The van der Waals surface area contributed by atoms with Gasteiger partial charge in [0, 0.05) is 11.8 Å². The molecular formula is C12H14N2O4. The third-order valence-corrected chi connectivity index (χ3v) is 2.15. The van der Waals surface area contributed by atoms with E-state index in [0.717, 1.165) is 0 Å². The fourth-order valence-corrected chi connectivity index (χ4v) is 1.17. The molecule has 0 aliphatic carbocycles. The molecule has 0 bridgehead atoms. The van der Waals surface area contributed by atoms with Crippen LogP contribution in [0.1, 0.15) is 12.5 Å². The molecule has 0 radical (unpaired) electrons. The number of aliphatic imine (C=N–C) groups is 1. The van der Waals surface area contributed by atoms with Crippen LogP contribution in [0.4, 0.5) is 0 Å². The monoisotopic (exact) mass is 250 g/mol. The molecule has 0 saturated carbocycles. The summed E-state index contributed by atoms with van der Waals surface area (Å²) in [5.74, 6) is -1.52. The Kier molecular flexibility index (Phi) is 4.86. The van der Waals surface area contributed by atoms with Crippen molar-refractivity contribution in [1.29, 1.82) is 0 Å². The van der Waals surface area contributed by atoms with Gasteiger partial charge in [-0.25, -0.2) is 0 Å². The van der Waals surface area contributed by atoms with Gasteiger partial charge in [0.1, 0.15) is 18.3 Å². The van der Waals surface area contributed by atoms with E-state index < -0.39 is 17.9 Å². The first-order valence-electron chi connectivity index (χ1n) is 5.30. The number of hydrogen-bond donors (Lipinski definition) is 3. The van der Waals surface area contributed by atoms with Crippen LogP contribution >= 0.6 is 0 Å². The predicted molar refractivity (Wildman–Crippen MR) is 65.8 cm³/mol. The van der Waals surface area contributed by atoms with Crippen molar-refractivity contribution < 1.29 is 19.8 Å². The summed E-state index contributed by atoms with van der Waals surface area (Å²) in [6.07, 6.45) is 1.36. The standard InChI is InChI=1S/C12H14N2O4/c1-8(12(17)18)14-11(16)7-13-6-9-4-2-3-5-10(9)15/h2-6,8,15H,7H2,1H3,(H,14,16)(H,17,18)/t8-/m1/s1. The SMILES string of the molecule is C[C@@H](NC(=O)CN=Cc1ccccc1O)C(=O)O. The highest BCUT2D eigenvalue weighted by Gasteiger charge is 2.12. The molecule has 1 aromatic carbocycles. The topological polar surface area (TPSA) is 99.0 Å². The molecule has 3 N–H and O–H groups in total. The maximum absolute atomic E-state index is 11.3. The minimum atomic E-state index is -1.10. The van der Waals surface area contributed by atoms with Crippen LogP contribution in [0.5, 0.6) is 5.75 Å². The van der Waals surface area contributed by atoms with Crippen molar-refractivity contribution in [2.45, 2.75) is 13.0 Å². The smallest absolute Gasteiger partial charge is 0.325 e. The Hall–Kier alpha value is -2.37. The number of carbonyl (C=O) groups excluding carboxylic acids is 1. The van der Waals surface area contributed by atoms with Gasteiger partial charge in [-0.05, 0) is 19.1 Å². The number of amides is 1. The second kappa shape index (κ2) is 6.39. The molecule has 0 saturated heterocycles. The van der Waals surface area contributed by atoms with Crippen molar-refractivity contribution in [2.24, 2.45) is 4.99 Å². The minimum Gasteiger partial charge on any atom is -0.507 e. The van der Waals surface area contributed by atoms with E-state index in [0.29, 0.717) is 5.56 Å². The lowest BCUT2D eigenvalue weighted by molar-refractivity contribution is -0.141. The van der Waals surface area contributed by atoms with Gasteiger partial charge >= 0.3 is 5.97 Å². The molecule has 0 heterocycles. The summed E-state index contributed by atoms with van der Waals surface area (Å²) in [5.41, 5.74) is 0.497. The lowest BCUT2D eigenvalue weighted by Gasteiger charge is -2.07. The van der Waals surface area contributed by atoms with Gasteiger partial charge in [-0.2, -0.15) is 0 Å². The summed E-state index contributed by atoms with van der Waals surface area (Å²) >= 11 is 0. The van der Waals surface area contributed by atoms with Crippen molar-refractivity contribution in [3.63, 3.8) is 0 Å². The molecule has 1 amide bonds. The summed E-state index contributed by atoms with van der Waals surface area (Å²) in [4.78, 5) is 25.6. The highest BCUT2D eigenvalue weighted by atomic mass is 16.4. The van der Waals surface area contributed by atoms with E-state index in [-0.39, 0.29) is 12.3 Å². The van der Waals surface area contributed by atoms with Crippen molar-refractivity contribution in [1.82, 2.24) is 5.32 Å². The molecule has 0 unspecified atom stereocenters. The van der Waals surface area contributed by atoms with Crippen molar-refractivity contribution in [2.75, 3.05) is 6.54 Å². The molecule has 0 aliphatic rings. The van der Waals surface area contributed by atoms with Crippen LogP contribution in [0.25, 0.3) is 0 Å². The van der Waals surface area contributed by atoms with Gasteiger partial charge in [0.2, 0.25) is 5.91 Å². The zero-order valence-electron chi connectivity index (χ0n) is 9.83. The number of phenols is 1. The zero-order valence-corrected chi connectivity index (χ0v) is 9.83. The fourth-order valence-electron chi connectivity index (χ4n) is 1.17. The van der Waals surface area contributed by atoms with Gasteiger partial charge in [-0.1, -0.05) is 12.1 Å². The van der Waals surface area contributed by atoms with E-state index in [1.165, 1.54) is 19.2 Å². The predicted octanol–water partition coefficient (Wildman–Crippen LogP) is 0.400. The van der Waals surface area contributed by atoms with Crippen molar-refractivity contribution in [3.05, 3.63) is 29.8 Å². The van der Waals surface area contributed by atoms with E-state index >= 15 is 0 Å². The average molecular weight is 250 g/mol. The Labute approximate surface area is 104 Å². The number of benzene rings is 1. The number of carboxylic acid groups (broad SMARTS) is 1. The minimum absolute atomic E-state index is 0.0700. The lowest BCUT2D eigenvalue weighted by Crippen LogP contribution is -2.39. The molecule has 0 aromatic heterocycles. The van der Waals surface area contributed by atoms with Crippen LogP contribution in [0, 0.1) is 0 Å². The van der Waals surface area contributed by atoms with Crippen molar-refractivity contribution >= 4 is 18.1 Å². The summed E-state index contributed by atoms with van der Waals surface area (Å²) in [6, 6.07) is 5.62. The second-order valence-corrected chi connectivity index (χ2v) is 3.66. The first-order chi connectivity index (χ1) is 8.50. The highest BCUT2D eigenvalue weighted by Crippen LogP contribution is 2.12. The Morgan fingerprint density at radius 3 is 2.72 bits per heavy atom. The number of aromatic hydroxyl groups is 1. The average Bonchev–Trinajstić information content (AvgIpc) is 2.31. The van der Waals surface area contributed by atoms with Crippen LogP contribution in [0.15, 0.2) is 29.3 Å². The zero-order chi connectivity index (χ0) is 13.5. The van der Waals surface area contributed by atoms with Gasteiger partial charge in [0.25, 0.3) is 0 Å². The second-order valence-electron chi connectivity index (χ2n) is 3.66. The molecule has 18 heavy (non-hydrogen) atoms. The van der Waals surface area contributed by atoms with Crippen LogP contribution in [0.2, 0.25) is 0 Å². The first-order valence-corrected chi connectivity index (χ1v) is 5.30. The third kappa shape index (κ3) is 4.25. The molecule has 1 atom stereocenters. The van der Waals surface area contributed by atoms with E-state index in [1.54, 1.807) is 18.2 Å². The molecule has 1 aromatic rings. The maximum atomic E-state index is 11.3. The molecule has 0 aliphatic heterocycles. The van der Waals surface area contributed by atoms with Crippen molar-refractivity contribution in [3.8, 4) is 5.75 Å². The molecule has 6 nitrogen and oxygen atoms in total. The van der Waals surface area contributed by atoms with Gasteiger partial charge in [0.15, 0.2) is 0 Å². The van der Waals surface area contributed by atoms with Gasteiger partial charge in [-0.3, -0.25) is 14.6 Å². The normalized spacial score (nSPS) is 12.3. The fraction of sp³-hybridized carbons (Fsp3) is 0.250. The summed E-state index contributed by atoms with van der Waals surface area (Å²) in [6.45, 7) is 1.18. The number of carboxylic acids is 1. The molecule has 0 fully saturated rings. The number of phenolic OH excluding ortho intramolecular Hbond substituents is 1. The van der Waals surface area contributed by atoms with E-state index in [2.05, 4.69) is 10.3 Å². The van der Waals surface area contributed by atoms with Gasteiger partial charge in [-0.15, -0.1) is 0 Å². The number of aliphatic carboxylic acids is 1. The van der Waals surface area contributed by atoms with Gasteiger partial charge in [0.05, 0.1) is 0 Å². The molecule has 96 valence electrons. The number of hydrogen-bond acceptors (Lipinski definition) is 4. The Morgan fingerprint density at radius 1 is 1.44 bits per heavy atom. The quantitative estimate of drug-likeness (QED) is 0.659. The van der Waals surface area contributed by atoms with E-state index in [1.807, 2.05) is 0 Å². The molecule has 0 spiro atoms. The Bertz CT molecular complexity index is 471. The molecule has 6 heteroatoms. The summed E-state index contributed by atoms with van der Waals surface area (Å²) in [5, 5.41) is 20.3. The first kappa shape index (κ1) is 13.7. The van der Waals surface area contributed by atoms with E-state index in [9.17, 15) is 14.7 Å². The summed E-state index contributed by atoms with van der Waals surface area (Å²) < 4.78 is 0. The largest absolute Gasteiger partial charge is 0.507 e. The summed E-state index contributed by atoms with van der Waals surface area (Å²) in [7, 11) is 0. The molecular weight excluding hydrogens is 236 g/mol. The van der Waals surface area contributed by atoms with Crippen LogP contribution in [0.3, 0.4) is 0 Å².